The number of thiophene rings is 1. The second-order valence-corrected chi connectivity index (χ2v) is 4.99. The molecule has 1 N–H and O–H groups in total. The zero-order valence-corrected chi connectivity index (χ0v) is 10.2. The molecule has 1 aromatic heterocycles. The fourth-order valence-electron chi connectivity index (χ4n) is 1.73. The summed E-state index contributed by atoms with van der Waals surface area (Å²) in [6, 6.07) is 9.36. The molecule has 0 aliphatic carbocycles. The fourth-order valence-corrected chi connectivity index (χ4v) is 2.65. The second kappa shape index (κ2) is 4.76. The van der Waals surface area contributed by atoms with Crippen LogP contribution in [0.3, 0.4) is 0 Å². The molecule has 0 aliphatic heterocycles. The number of hydrogen-bond donors (Lipinski definition) is 1. The van der Waals surface area contributed by atoms with Crippen LogP contribution >= 0.6 is 11.3 Å². The van der Waals surface area contributed by atoms with Crippen LogP contribution in [0.15, 0.2) is 30.3 Å². The Morgan fingerprint density at radius 1 is 1.25 bits per heavy atom. The molecule has 0 bridgehead atoms. The Balaban J connectivity index is 2.51. The number of hydrogen-bond acceptors (Lipinski definition) is 2. The van der Waals surface area contributed by atoms with Crippen LogP contribution in [-0.4, -0.2) is 7.05 Å². The van der Waals surface area contributed by atoms with Crippen LogP contribution in [0.4, 0.5) is 4.39 Å². The Bertz CT molecular complexity index is 490. The zero-order valence-electron chi connectivity index (χ0n) is 9.38. The summed E-state index contributed by atoms with van der Waals surface area (Å²) in [6.07, 6.45) is 0. The highest BCUT2D eigenvalue weighted by atomic mass is 32.1. The lowest BCUT2D eigenvalue weighted by molar-refractivity contribution is 0.602. The van der Waals surface area contributed by atoms with Gasteiger partial charge in [-0.3, -0.25) is 0 Å². The third kappa shape index (κ3) is 2.15. The second-order valence-electron chi connectivity index (χ2n) is 3.71. The highest BCUT2D eigenvalue weighted by Gasteiger charge is 2.10. The largest absolute Gasteiger partial charge is 0.316 e. The molecule has 2 rings (SSSR count). The van der Waals surface area contributed by atoms with Crippen molar-refractivity contribution in [2.24, 2.45) is 0 Å². The van der Waals surface area contributed by atoms with E-state index in [9.17, 15) is 4.39 Å². The van der Waals surface area contributed by atoms with Gasteiger partial charge in [-0.05, 0) is 37.7 Å². The molecule has 84 valence electrons. The van der Waals surface area contributed by atoms with Crippen LogP contribution in [0.5, 0.6) is 0 Å². The summed E-state index contributed by atoms with van der Waals surface area (Å²) in [5.74, 6) is -0.141. The molecule has 1 heterocycles. The molecule has 0 saturated carbocycles. The molecule has 3 heteroatoms. The Kier molecular flexibility index (Phi) is 3.36. The predicted molar refractivity (Wildman–Crippen MR) is 67.2 cm³/mol. The van der Waals surface area contributed by atoms with Gasteiger partial charge in [0.2, 0.25) is 0 Å². The number of nitrogens with one attached hydrogen (secondary N) is 1. The van der Waals surface area contributed by atoms with Gasteiger partial charge in [-0.15, -0.1) is 11.3 Å². The SMILES string of the molecule is CNCc1c(F)cccc1-c1ccc(C)s1. The van der Waals surface area contributed by atoms with Crippen molar-refractivity contribution in [1.29, 1.82) is 0 Å². The van der Waals surface area contributed by atoms with Crippen LogP contribution in [0.25, 0.3) is 10.4 Å². The Morgan fingerprint density at radius 3 is 2.69 bits per heavy atom. The van der Waals surface area contributed by atoms with Crippen molar-refractivity contribution >= 4 is 11.3 Å². The number of aryl methyl sites for hydroxylation is 1. The van der Waals surface area contributed by atoms with Gasteiger partial charge in [0.05, 0.1) is 0 Å². The molecule has 0 aliphatic rings. The molecular formula is C13H14FNS. The molecular weight excluding hydrogens is 221 g/mol. The maximum absolute atomic E-state index is 13.7. The van der Waals surface area contributed by atoms with Gasteiger partial charge in [-0.2, -0.15) is 0 Å². The van der Waals surface area contributed by atoms with E-state index in [0.717, 1.165) is 16.0 Å². The normalized spacial score (nSPS) is 10.7. The van der Waals surface area contributed by atoms with Crippen molar-refractivity contribution < 1.29 is 4.39 Å². The summed E-state index contributed by atoms with van der Waals surface area (Å²) >= 11 is 1.70. The molecule has 0 amide bonds. The van der Waals surface area contributed by atoms with Crippen molar-refractivity contribution in [2.75, 3.05) is 7.05 Å². The van der Waals surface area contributed by atoms with E-state index in [-0.39, 0.29) is 5.82 Å². The quantitative estimate of drug-likeness (QED) is 0.857. The third-order valence-corrected chi connectivity index (χ3v) is 3.51. The first-order valence-corrected chi connectivity index (χ1v) is 6.03. The van der Waals surface area contributed by atoms with Crippen molar-refractivity contribution in [1.82, 2.24) is 5.32 Å². The zero-order chi connectivity index (χ0) is 11.5. The molecule has 0 saturated heterocycles. The number of rotatable bonds is 3. The van der Waals surface area contributed by atoms with Crippen molar-refractivity contribution in [3.05, 3.63) is 46.6 Å². The van der Waals surface area contributed by atoms with Gasteiger partial charge in [0.1, 0.15) is 5.82 Å². The Labute approximate surface area is 98.9 Å². The minimum atomic E-state index is -0.141. The lowest BCUT2D eigenvalue weighted by Crippen LogP contribution is -2.08. The van der Waals surface area contributed by atoms with Gasteiger partial charge in [-0.1, -0.05) is 12.1 Å². The van der Waals surface area contributed by atoms with Gasteiger partial charge >= 0.3 is 0 Å². The smallest absolute Gasteiger partial charge is 0.128 e. The maximum Gasteiger partial charge on any atom is 0.128 e. The van der Waals surface area contributed by atoms with Gasteiger partial charge < -0.3 is 5.32 Å². The molecule has 0 unspecified atom stereocenters. The maximum atomic E-state index is 13.7. The van der Waals surface area contributed by atoms with Crippen LogP contribution in [0.1, 0.15) is 10.4 Å². The summed E-state index contributed by atoms with van der Waals surface area (Å²) in [5.41, 5.74) is 1.74. The molecule has 1 nitrogen and oxygen atoms in total. The lowest BCUT2D eigenvalue weighted by Gasteiger charge is -2.08. The minimum Gasteiger partial charge on any atom is -0.316 e. The Hall–Kier alpha value is -1.19. The van der Waals surface area contributed by atoms with E-state index in [4.69, 9.17) is 0 Å². The summed E-state index contributed by atoms with van der Waals surface area (Å²) in [6.45, 7) is 2.62. The van der Waals surface area contributed by atoms with Gasteiger partial charge in [0.15, 0.2) is 0 Å². The highest BCUT2D eigenvalue weighted by molar-refractivity contribution is 7.15. The number of benzene rings is 1. The molecule has 0 atom stereocenters. The van der Waals surface area contributed by atoms with Gasteiger partial charge in [-0.25, -0.2) is 4.39 Å². The van der Waals surface area contributed by atoms with Crippen molar-refractivity contribution in [3.63, 3.8) is 0 Å². The van der Waals surface area contributed by atoms with Crippen molar-refractivity contribution in [3.8, 4) is 10.4 Å². The standard InChI is InChI=1S/C13H14FNS/c1-9-6-7-13(16-9)10-4-3-5-12(14)11(10)8-15-2/h3-7,15H,8H2,1-2H3. The van der Waals surface area contributed by atoms with Gasteiger partial charge in [0.25, 0.3) is 0 Å². The van der Waals surface area contributed by atoms with Gasteiger partial charge in [0, 0.05) is 21.9 Å². The van der Waals surface area contributed by atoms with Crippen molar-refractivity contribution in [2.45, 2.75) is 13.5 Å². The molecule has 0 spiro atoms. The summed E-state index contributed by atoms with van der Waals surface area (Å²) < 4.78 is 13.7. The average molecular weight is 235 g/mol. The van der Waals surface area contributed by atoms with E-state index in [0.29, 0.717) is 6.54 Å². The molecule has 0 radical (unpaired) electrons. The van der Waals surface area contributed by atoms with Crippen LogP contribution < -0.4 is 5.32 Å². The van der Waals surface area contributed by atoms with E-state index >= 15 is 0 Å². The van der Waals surface area contributed by atoms with E-state index < -0.39 is 0 Å². The lowest BCUT2D eigenvalue weighted by atomic mass is 10.1. The van der Waals surface area contributed by atoms with E-state index in [1.165, 1.54) is 10.9 Å². The minimum absolute atomic E-state index is 0.141. The molecule has 0 fully saturated rings. The predicted octanol–water partition coefficient (Wildman–Crippen LogP) is 3.58. The van der Waals surface area contributed by atoms with Crippen LogP contribution in [-0.2, 0) is 6.54 Å². The first kappa shape index (κ1) is 11.3. The summed E-state index contributed by atoms with van der Waals surface area (Å²) in [4.78, 5) is 2.37. The van der Waals surface area contributed by atoms with E-state index in [2.05, 4.69) is 18.3 Å². The first-order valence-electron chi connectivity index (χ1n) is 5.21. The molecule has 1 aromatic carbocycles. The van der Waals surface area contributed by atoms with E-state index in [1.807, 2.05) is 19.2 Å². The number of halogens is 1. The Morgan fingerprint density at radius 2 is 2.06 bits per heavy atom. The molecule has 16 heavy (non-hydrogen) atoms. The summed E-state index contributed by atoms with van der Waals surface area (Å²) in [5, 5.41) is 3.01. The summed E-state index contributed by atoms with van der Waals surface area (Å²) in [7, 11) is 1.83. The van der Waals surface area contributed by atoms with E-state index in [1.54, 1.807) is 17.4 Å². The monoisotopic (exact) mass is 235 g/mol. The van der Waals surface area contributed by atoms with Crippen LogP contribution in [0, 0.1) is 12.7 Å². The molecule has 2 aromatic rings. The fraction of sp³-hybridized carbons (Fsp3) is 0.231. The first-order chi connectivity index (χ1) is 7.72. The topological polar surface area (TPSA) is 12.0 Å². The highest BCUT2D eigenvalue weighted by Crippen LogP contribution is 2.31. The average Bonchev–Trinajstić information content (AvgIpc) is 2.68. The third-order valence-electron chi connectivity index (χ3n) is 2.48. The van der Waals surface area contributed by atoms with Crippen LogP contribution in [0.2, 0.25) is 0 Å².